The number of allylic oxidation sites excluding steroid dienone is 1. The Kier molecular flexibility index (Phi) is 3.25. The smallest absolute Gasteiger partial charge is 0.0360 e. The van der Waals surface area contributed by atoms with Gasteiger partial charge < -0.3 is 0 Å². The molecule has 1 aliphatic carbocycles. The quantitative estimate of drug-likeness (QED) is 0.699. The number of fused-ring (bicyclic) bond motifs is 5. The van der Waals surface area contributed by atoms with Gasteiger partial charge in [0.2, 0.25) is 0 Å². The van der Waals surface area contributed by atoms with Crippen molar-refractivity contribution in [1.82, 2.24) is 4.90 Å². The van der Waals surface area contributed by atoms with E-state index >= 15 is 0 Å². The number of rotatable bonds is 2. The molecule has 1 heteroatoms. The fraction of sp³-hybridized carbons (Fsp3) is 0.529. The van der Waals surface area contributed by atoms with Crippen molar-refractivity contribution in [2.24, 2.45) is 0 Å². The SMILES string of the molecule is CC(C)=CCN1CCCC2CC1c1ccccc12. The summed E-state index contributed by atoms with van der Waals surface area (Å²) < 4.78 is 0. The summed E-state index contributed by atoms with van der Waals surface area (Å²) in [5.41, 5.74) is 4.66. The molecule has 1 aromatic rings. The molecule has 2 atom stereocenters. The van der Waals surface area contributed by atoms with Gasteiger partial charge in [0.1, 0.15) is 0 Å². The van der Waals surface area contributed by atoms with E-state index in [2.05, 4.69) is 49.1 Å². The van der Waals surface area contributed by atoms with Gasteiger partial charge in [-0.25, -0.2) is 0 Å². The van der Waals surface area contributed by atoms with Crippen molar-refractivity contribution in [1.29, 1.82) is 0 Å². The first-order valence-electron chi connectivity index (χ1n) is 7.22. The maximum absolute atomic E-state index is 2.68. The molecule has 1 fully saturated rings. The van der Waals surface area contributed by atoms with Gasteiger partial charge in [0.25, 0.3) is 0 Å². The zero-order chi connectivity index (χ0) is 12.5. The molecule has 0 spiro atoms. The lowest BCUT2D eigenvalue weighted by atomic mass is 9.96. The van der Waals surface area contributed by atoms with Crippen LogP contribution in [0, 0.1) is 0 Å². The fourth-order valence-electron chi connectivity index (χ4n) is 3.54. The molecule has 2 bridgehead atoms. The van der Waals surface area contributed by atoms with Crippen LogP contribution in [-0.2, 0) is 0 Å². The van der Waals surface area contributed by atoms with E-state index in [-0.39, 0.29) is 0 Å². The van der Waals surface area contributed by atoms with Crippen LogP contribution < -0.4 is 0 Å². The highest BCUT2D eigenvalue weighted by Gasteiger charge is 2.35. The maximum Gasteiger partial charge on any atom is 0.0360 e. The number of hydrogen-bond donors (Lipinski definition) is 0. The third-order valence-electron chi connectivity index (χ3n) is 4.48. The summed E-state index contributed by atoms with van der Waals surface area (Å²) in [6.45, 7) is 6.78. The van der Waals surface area contributed by atoms with Crippen molar-refractivity contribution in [2.75, 3.05) is 13.1 Å². The van der Waals surface area contributed by atoms with Gasteiger partial charge in [-0.2, -0.15) is 0 Å². The van der Waals surface area contributed by atoms with E-state index in [1.165, 1.54) is 31.4 Å². The lowest BCUT2D eigenvalue weighted by molar-refractivity contribution is 0.229. The standard InChI is InChI=1S/C17H23N/c1-13(2)9-11-18-10-5-6-14-12-17(18)16-8-4-3-7-15(14)16/h3-4,7-9,14,17H,5-6,10-12H2,1-2H3. The van der Waals surface area contributed by atoms with Crippen molar-refractivity contribution >= 4 is 0 Å². The fourth-order valence-corrected chi connectivity index (χ4v) is 3.54. The lowest BCUT2D eigenvalue weighted by Gasteiger charge is -2.28. The summed E-state index contributed by atoms with van der Waals surface area (Å²) in [6.07, 6.45) is 6.45. The topological polar surface area (TPSA) is 3.24 Å². The molecule has 0 aromatic heterocycles. The van der Waals surface area contributed by atoms with E-state index in [1.54, 1.807) is 11.1 Å². The molecule has 0 N–H and O–H groups in total. The minimum Gasteiger partial charge on any atom is -0.293 e. The molecule has 1 aliphatic heterocycles. The zero-order valence-electron chi connectivity index (χ0n) is 11.5. The molecular weight excluding hydrogens is 218 g/mol. The first-order valence-corrected chi connectivity index (χ1v) is 7.22. The largest absolute Gasteiger partial charge is 0.293 e. The molecule has 96 valence electrons. The Morgan fingerprint density at radius 2 is 2.06 bits per heavy atom. The molecular formula is C17H23N. The number of hydrogen-bond acceptors (Lipinski definition) is 1. The molecule has 1 aromatic carbocycles. The Morgan fingerprint density at radius 3 is 2.83 bits per heavy atom. The average Bonchev–Trinajstić information content (AvgIpc) is 2.58. The average molecular weight is 241 g/mol. The second-order valence-corrected chi connectivity index (χ2v) is 6.00. The van der Waals surface area contributed by atoms with E-state index in [9.17, 15) is 0 Å². The molecule has 0 amide bonds. The Labute approximate surface area is 111 Å². The van der Waals surface area contributed by atoms with Gasteiger partial charge in [0.15, 0.2) is 0 Å². The second kappa shape index (κ2) is 4.89. The third kappa shape index (κ3) is 2.12. The van der Waals surface area contributed by atoms with Crippen LogP contribution in [0.15, 0.2) is 35.9 Å². The van der Waals surface area contributed by atoms with Crippen molar-refractivity contribution < 1.29 is 0 Å². The van der Waals surface area contributed by atoms with E-state index in [0.717, 1.165) is 12.5 Å². The second-order valence-electron chi connectivity index (χ2n) is 6.00. The minimum absolute atomic E-state index is 0.671. The normalized spacial score (nSPS) is 26.6. The Bertz CT molecular complexity index is 456. The monoisotopic (exact) mass is 241 g/mol. The van der Waals surface area contributed by atoms with Gasteiger partial charge in [-0.05, 0) is 56.7 Å². The summed E-state index contributed by atoms with van der Waals surface area (Å²) in [4.78, 5) is 2.68. The van der Waals surface area contributed by atoms with E-state index in [0.29, 0.717) is 6.04 Å². The minimum atomic E-state index is 0.671. The Hall–Kier alpha value is -1.08. The van der Waals surface area contributed by atoms with E-state index in [1.807, 2.05) is 0 Å². The maximum atomic E-state index is 2.68. The van der Waals surface area contributed by atoms with E-state index < -0.39 is 0 Å². The van der Waals surface area contributed by atoms with Crippen LogP contribution in [-0.4, -0.2) is 18.0 Å². The van der Waals surface area contributed by atoms with Crippen molar-refractivity contribution in [3.05, 3.63) is 47.0 Å². The summed E-state index contributed by atoms with van der Waals surface area (Å²) in [6, 6.07) is 9.78. The molecule has 2 aliphatic rings. The molecule has 1 nitrogen and oxygen atoms in total. The van der Waals surface area contributed by atoms with Crippen LogP contribution in [0.4, 0.5) is 0 Å². The molecule has 18 heavy (non-hydrogen) atoms. The molecule has 2 unspecified atom stereocenters. The number of nitrogens with zero attached hydrogens (tertiary/aromatic N) is 1. The highest BCUT2D eigenvalue weighted by molar-refractivity contribution is 5.38. The summed E-state index contributed by atoms with van der Waals surface area (Å²) in [5.74, 6) is 0.822. The molecule has 3 rings (SSSR count). The van der Waals surface area contributed by atoms with Crippen molar-refractivity contribution in [2.45, 2.75) is 45.1 Å². The number of likely N-dealkylation sites (tertiary alicyclic amines) is 1. The molecule has 0 radical (unpaired) electrons. The highest BCUT2D eigenvalue weighted by Crippen LogP contribution is 2.47. The van der Waals surface area contributed by atoms with Crippen molar-refractivity contribution in [3.8, 4) is 0 Å². The molecule has 1 saturated heterocycles. The first kappa shape index (κ1) is 12.0. The van der Waals surface area contributed by atoms with Crippen LogP contribution in [0.5, 0.6) is 0 Å². The molecule has 0 saturated carbocycles. The Morgan fingerprint density at radius 1 is 1.28 bits per heavy atom. The van der Waals surface area contributed by atoms with Crippen LogP contribution >= 0.6 is 0 Å². The predicted molar refractivity (Wildman–Crippen MR) is 76.8 cm³/mol. The molecule has 1 heterocycles. The van der Waals surface area contributed by atoms with Crippen LogP contribution in [0.3, 0.4) is 0 Å². The predicted octanol–water partition coefficient (Wildman–Crippen LogP) is 4.28. The third-order valence-corrected chi connectivity index (χ3v) is 4.48. The van der Waals surface area contributed by atoms with E-state index in [4.69, 9.17) is 0 Å². The lowest BCUT2D eigenvalue weighted by Crippen LogP contribution is -2.28. The van der Waals surface area contributed by atoms with Crippen LogP contribution in [0.25, 0.3) is 0 Å². The first-order chi connectivity index (χ1) is 8.75. The van der Waals surface area contributed by atoms with Gasteiger partial charge in [0, 0.05) is 12.6 Å². The zero-order valence-corrected chi connectivity index (χ0v) is 11.5. The van der Waals surface area contributed by atoms with Gasteiger partial charge in [-0.1, -0.05) is 35.9 Å². The number of benzene rings is 1. The van der Waals surface area contributed by atoms with Gasteiger partial charge in [0.05, 0.1) is 0 Å². The summed E-state index contributed by atoms with van der Waals surface area (Å²) in [7, 11) is 0. The van der Waals surface area contributed by atoms with Crippen molar-refractivity contribution in [3.63, 3.8) is 0 Å². The van der Waals surface area contributed by atoms with Crippen LogP contribution in [0.2, 0.25) is 0 Å². The van der Waals surface area contributed by atoms with Crippen LogP contribution in [0.1, 0.15) is 56.2 Å². The van der Waals surface area contributed by atoms with Gasteiger partial charge in [-0.3, -0.25) is 4.90 Å². The summed E-state index contributed by atoms with van der Waals surface area (Å²) >= 11 is 0. The Balaban J connectivity index is 1.89. The van der Waals surface area contributed by atoms with Gasteiger partial charge in [-0.15, -0.1) is 0 Å². The van der Waals surface area contributed by atoms with Gasteiger partial charge >= 0.3 is 0 Å². The summed E-state index contributed by atoms with van der Waals surface area (Å²) in [5, 5.41) is 0. The highest BCUT2D eigenvalue weighted by atomic mass is 15.2.